The molecule has 0 saturated heterocycles. The summed E-state index contributed by atoms with van der Waals surface area (Å²) in [5.41, 5.74) is 1.85. The molecule has 0 aliphatic carbocycles. The molecule has 0 heterocycles. The molecule has 0 fully saturated rings. The number of rotatable bonds is 2. The van der Waals surface area contributed by atoms with Crippen LogP contribution in [0.15, 0.2) is 18.2 Å². The van der Waals surface area contributed by atoms with Gasteiger partial charge in [0.25, 0.3) is 0 Å². The first kappa shape index (κ1) is 10.2. The Morgan fingerprint density at radius 1 is 1.46 bits per heavy atom. The van der Waals surface area contributed by atoms with Gasteiger partial charge in [0.15, 0.2) is 0 Å². The van der Waals surface area contributed by atoms with Crippen molar-refractivity contribution in [2.75, 3.05) is 14.1 Å². The van der Waals surface area contributed by atoms with Gasteiger partial charge in [0, 0.05) is 6.54 Å². The molecular formula is C10H13N2P. The van der Waals surface area contributed by atoms with E-state index in [0.717, 1.165) is 23.0 Å². The third-order valence-corrected chi connectivity index (χ3v) is 2.10. The van der Waals surface area contributed by atoms with Gasteiger partial charge in [0.2, 0.25) is 0 Å². The van der Waals surface area contributed by atoms with Crippen molar-refractivity contribution in [1.29, 1.82) is 5.26 Å². The van der Waals surface area contributed by atoms with Gasteiger partial charge in [-0.1, -0.05) is 6.07 Å². The fraction of sp³-hybridized carbons (Fsp3) is 0.300. The standard InChI is InChI=1S/C10H13N2P/c1-12(2)7-9-5-10(13)4-3-8(9)6-11/h3-5H,7,13H2,1-2H3. The van der Waals surface area contributed by atoms with Crippen molar-refractivity contribution in [2.24, 2.45) is 0 Å². The van der Waals surface area contributed by atoms with Crippen molar-refractivity contribution in [3.8, 4) is 6.07 Å². The van der Waals surface area contributed by atoms with Crippen LogP contribution in [0.3, 0.4) is 0 Å². The number of hydrogen-bond donors (Lipinski definition) is 0. The maximum absolute atomic E-state index is 8.85. The Bertz CT molecular complexity index is 339. The Labute approximate surface area is 81.4 Å². The van der Waals surface area contributed by atoms with Crippen LogP contribution in [0, 0.1) is 11.3 Å². The quantitative estimate of drug-likeness (QED) is 0.656. The maximum Gasteiger partial charge on any atom is 0.0995 e. The number of hydrogen-bond acceptors (Lipinski definition) is 2. The second kappa shape index (κ2) is 4.37. The lowest BCUT2D eigenvalue weighted by molar-refractivity contribution is 0.402. The summed E-state index contributed by atoms with van der Waals surface area (Å²) in [7, 11) is 6.63. The van der Waals surface area contributed by atoms with E-state index in [1.807, 2.05) is 32.3 Å². The van der Waals surface area contributed by atoms with Gasteiger partial charge in [-0.3, -0.25) is 0 Å². The highest BCUT2D eigenvalue weighted by molar-refractivity contribution is 7.27. The molecule has 0 N–H and O–H groups in total. The summed E-state index contributed by atoms with van der Waals surface area (Å²) < 4.78 is 0. The molecule has 0 amide bonds. The van der Waals surface area contributed by atoms with E-state index in [1.165, 1.54) is 0 Å². The van der Waals surface area contributed by atoms with Crippen LogP contribution < -0.4 is 5.30 Å². The van der Waals surface area contributed by atoms with E-state index in [4.69, 9.17) is 5.26 Å². The van der Waals surface area contributed by atoms with Gasteiger partial charge < -0.3 is 4.90 Å². The molecule has 0 aliphatic heterocycles. The fourth-order valence-corrected chi connectivity index (χ4v) is 1.49. The normalized spacial score (nSPS) is 10.1. The number of nitrogens with zero attached hydrogens (tertiary/aromatic N) is 2. The van der Waals surface area contributed by atoms with Gasteiger partial charge in [-0.2, -0.15) is 5.26 Å². The molecule has 13 heavy (non-hydrogen) atoms. The van der Waals surface area contributed by atoms with Crippen LogP contribution in [0.2, 0.25) is 0 Å². The van der Waals surface area contributed by atoms with E-state index in [1.54, 1.807) is 0 Å². The van der Waals surface area contributed by atoms with Gasteiger partial charge in [0.1, 0.15) is 0 Å². The Morgan fingerprint density at radius 2 is 2.15 bits per heavy atom. The molecule has 0 bridgehead atoms. The minimum atomic E-state index is 0.764. The molecule has 0 saturated carbocycles. The van der Waals surface area contributed by atoms with E-state index in [-0.39, 0.29) is 0 Å². The van der Waals surface area contributed by atoms with E-state index in [0.29, 0.717) is 0 Å². The lowest BCUT2D eigenvalue weighted by Gasteiger charge is -2.11. The van der Waals surface area contributed by atoms with E-state index in [9.17, 15) is 0 Å². The van der Waals surface area contributed by atoms with Crippen LogP contribution in [0.4, 0.5) is 0 Å². The van der Waals surface area contributed by atoms with Crippen LogP contribution in [0.5, 0.6) is 0 Å². The topological polar surface area (TPSA) is 27.0 Å². The molecule has 68 valence electrons. The summed E-state index contributed by atoms with van der Waals surface area (Å²) in [4.78, 5) is 2.06. The summed E-state index contributed by atoms with van der Waals surface area (Å²) in [5, 5.41) is 9.97. The molecule has 0 spiro atoms. The highest BCUT2D eigenvalue weighted by Gasteiger charge is 2.02. The molecule has 1 rings (SSSR count). The first-order chi connectivity index (χ1) is 6.13. The van der Waals surface area contributed by atoms with Crippen molar-refractivity contribution in [3.05, 3.63) is 29.3 Å². The largest absolute Gasteiger partial charge is 0.305 e. The van der Waals surface area contributed by atoms with E-state index < -0.39 is 0 Å². The lowest BCUT2D eigenvalue weighted by Crippen LogP contribution is -2.13. The number of nitriles is 1. The minimum absolute atomic E-state index is 0.764. The second-order valence-corrected chi connectivity index (χ2v) is 3.93. The molecule has 1 unspecified atom stereocenters. The van der Waals surface area contributed by atoms with Gasteiger partial charge in [0.05, 0.1) is 11.6 Å². The van der Waals surface area contributed by atoms with Crippen molar-refractivity contribution in [3.63, 3.8) is 0 Å². The first-order valence-electron chi connectivity index (χ1n) is 4.06. The van der Waals surface area contributed by atoms with Gasteiger partial charge in [-0.15, -0.1) is 9.24 Å². The summed E-state index contributed by atoms with van der Waals surface area (Å²) in [6, 6.07) is 8.02. The van der Waals surface area contributed by atoms with E-state index in [2.05, 4.69) is 20.2 Å². The predicted molar refractivity (Wildman–Crippen MR) is 57.9 cm³/mol. The van der Waals surface area contributed by atoms with Crippen LogP contribution in [0.25, 0.3) is 0 Å². The molecule has 1 atom stereocenters. The molecule has 0 radical (unpaired) electrons. The molecular weight excluding hydrogens is 179 g/mol. The third kappa shape index (κ3) is 2.81. The maximum atomic E-state index is 8.85. The van der Waals surface area contributed by atoms with Crippen LogP contribution >= 0.6 is 9.24 Å². The van der Waals surface area contributed by atoms with Crippen LogP contribution in [-0.2, 0) is 6.54 Å². The second-order valence-electron chi connectivity index (χ2n) is 3.27. The molecule has 2 nitrogen and oxygen atoms in total. The first-order valence-corrected chi connectivity index (χ1v) is 4.64. The number of benzene rings is 1. The Kier molecular flexibility index (Phi) is 3.42. The summed E-state index contributed by atoms with van der Waals surface area (Å²) in [5.74, 6) is 0. The molecule has 1 aromatic carbocycles. The fourth-order valence-electron chi connectivity index (χ4n) is 1.19. The smallest absolute Gasteiger partial charge is 0.0995 e. The molecule has 0 aliphatic rings. The molecule has 0 aromatic heterocycles. The van der Waals surface area contributed by atoms with Crippen molar-refractivity contribution in [2.45, 2.75) is 6.54 Å². The van der Waals surface area contributed by atoms with Crippen LogP contribution in [-0.4, -0.2) is 19.0 Å². The van der Waals surface area contributed by atoms with Gasteiger partial charge >= 0.3 is 0 Å². The van der Waals surface area contributed by atoms with Gasteiger partial charge in [-0.05, 0) is 37.1 Å². The Balaban J connectivity index is 3.03. The zero-order valence-electron chi connectivity index (χ0n) is 7.91. The zero-order valence-corrected chi connectivity index (χ0v) is 9.07. The Morgan fingerprint density at radius 3 is 2.69 bits per heavy atom. The van der Waals surface area contributed by atoms with Gasteiger partial charge in [-0.25, -0.2) is 0 Å². The lowest BCUT2D eigenvalue weighted by atomic mass is 10.1. The summed E-state index contributed by atoms with van der Waals surface area (Å²) in [6.07, 6.45) is 0. The predicted octanol–water partition coefficient (Wildman–Crippen LogP) is 1.12. The summed E-state index contributed by atoms with van der Waals surface area (Å²) in [6.45, 7) is 0.811. The van der Waals surface area contributed by atoms with Crippen molar-refractivity contribution < 1.29 is 0 Å². The average Bonchev–Trinajstić information content (AvgIpc) is 2.03. The van der Waals surface area contributed by atoms with Crippen molar-refractivity contribution in [1.82, 2.24) is 4.90 Å². The van der Waals surface area contributed by atoms with Crippen molar-refractivity contribution >= 4 is 14.5 Å². The Hall–Kier alpha value is -0.900. The summed E-state index contributed by atoms with van der Waals surface area (Å²) >= 11 is 0. The molecule has 1 aromatic rings. The minimum Gasteiger partial charge on any atom is -0.305 e. The highest BCUT2D eigenvalue weighted by atomic mass is 31.0. The SMILES string of the molecule is CN(C)Cc1cc(P)ccc1C#N. The highest BCUT2D eigenvalue weighted by Crippen LogP contribution is 2.09. The van der Waals surface area contributed by atoms with Crippen LogP contribution in [0.1, 0.15) is 11.1 Å². The zero-order chi connectivity index (χ0) is 9.84. The average molecular weight is 192 g/mol. The molecule has 3 heteroatoms. The monoisotopic (exact) mass is 192 g/mol. The van der Waals surface area contributed by atoms with E-state index >= 15 is 0 Å². The third-order valence-electron chi connectivity index (χ3n) is 1.74.